The van der Waals surface area contributed by atoms with E-state index in [0.717, 1.165) is 12.0 Å². The summed E-state index contributed by atoms with van der Waals surface area (Å²) < 4.78 is 13.2. The van der Waals surface area contributed by atoms with Gasteiger partial charge in [0.25, 0.3) is 0 Å². The highest BCUT2D eigenvalue weighted by Gasteiger charge is 2.09. The van der Waals surface area contributed by atoms with E-state index in [1.165, 1.54) is 5.56 Å². The predicted molar refractivity (Wildman–Crippen MR) is 57.1 cm³/mol. The van der Waals surface area contributed by atoms with Gasteiger partial charge in [0, 0.05) is 4.90 Å². The molecule has 13 heavy (non-hydrogen) atoms. The summed E-state index contributed by atoms with van der Waals surface area (Å²) in [5, 5.41) is 0. The van der Waals surface area contributed by atoms with Gasteiger partial charge >= 0.3 is 0 Å². The van der Waals surface area contributed by atoms with Gasteiger partial charge in [0.15, 0.2) is 0 Å². The standard InChI is InChI=1S/C11H15FS/c1-4-8-5-11(13)10(12)6-9(8)7(2)3/h5-7,13H,4H2,1-3H3. The van der Waals surface area contributed by atoms with Gasteiger partial charge in [-0.25, -0.2) is 4.39 Å². The Morgan fingerprint density at radius 3 is 2.46 bits per heavy atom. The van der Waals surface area contributed by atoms with E-state index in [-0.39, 0.29) is 5.82 Å². The number of benzene rings is 1. The first kappa shape index (κ1) is 10.6. The summed E-state index contributed by atoms with van der Waals surface area (Å²) in [5.41, 5.74) is 2.29. The lowest BCUT2D eigenvalue weighted by molar-refractivity contribution is 0.596. The van der Waals surface area contributed by atoms with Gasteiger partial charge < -0.3 is 0 Å². The van der Waals surface area contributed by atoms with Gasteiger partial charge in [-0.05, 0) is 35.6 Å². The normalized spacial score (nSPS) is 10.9. The van der Waals surface area contributed by atoms with Crippen molar-refractivity contribution in [1.82, 2.24) is 0 Å². The molecule has 0 atom stereocenters. The van der Waals surface area contributed by atoms with Crippen LogP contribution < -0.4 is 0 Å². The molecule has 0 aliphatic carbocycles. The molecule has 72 valence electrons. The Labute approximate surface area is 84.6 Å². The van der Waals surface area contributed by atoms with Crippen LogP contribution >= 0.6 is 12.6 Å². The van der Waals surface area contributed by atoms with Gasteiger partial charge in [0.1, 0.15) is 5.82 Å². The molecule has 0 N–H and O–H groups in total. The third-order valence-corrected chi connectivity index (χ3v) is 2.55. The molecular formula is C11H15FS. The second-order valence-electron chi connectivity index (χ2n) is 3.51. The van der Waals surface area contributed by atoms with Gasteiger partial charge in [0.05, 0.1) is 0 Å². The molecule has 0 saturated carbocycles. The average molecular weight is 198 g/mol. The molecule has 0 nitrogen and oxygen atoms in total. The van der Waals surface area contributed by atoms with Crippen LogP contribution in [0.4, 0.5) is 4.39 Å². The van der Waals surface area contributed by atoms with Gasteiger partial charge in [-0.2, -0.15) is 0 Å². The zero-order valence-corrected chi connectivity index (χ0v) is 9.16. The summed E-state index contributed by atoms with van der Waals surface area (Å²) in [6.45, 7) is 6.23. The summed E-state index contributed by atoms with van der Waals surface area (Å²) in [6, 6.07) is 3.43. The van der Waals surface area contributed by atoms with Gasteiger partial charge in [-0.1, -0.05) is 20.8 Å². The molecule has 1 aromatic carbocycles. The lowest BCUT2D eigenvalue weighted by atomic mass is 9.96. The molecule has 0 unspecified atom stereocenters. The highest BCUT2D eigenvalue weighted by molar-refractivity contribution is 7.80. The van der Waals surface area contributed by atoms with Crippen LogP contribution in [0.1, 0.15) is 37.8 Å². The SMILES string of the molecule is CCc1cc(S)c(F)cc1C(C)C. The van der Waals surface area contributed by atoms with Crippen molar-refractivity contribution in [2.24, 2.45) is 0 Å². The molecule has 0 heterocycles. The molecule has 0 spiro atoms. The van der Waals surface area contributed by atoms with Crippen LogP contribution in [0.5, 0.6) is 0 Å². The molecule has 1 aromatic rings. The zero-order valence-electron chi connectivity index (χ0n) is 8.26. The third-order valence-electron chi connectivity index (χ3n) is 2.21. The van der Waals surface area contributed by atoms with E-state index in [1.54, 1.807) is 6.07 Å². The first-order chi connectivity index (χ1) is 6.06. The number of hydrogen-bond acceptors (Lipinski definition) is 1. The number of halogens is 1. The van der Waals surface area contributed by atoms with Gasteiger partial charge in [-0.3, -0.25) is 0 Å². The van der Waals surface area contributed by atoms with Crippen molar-refractivity contribution >= 4 is 12.6 Å². The average Bonchev–Trinajstić information content (AvgIpc) is 2.08. The maximum atomic E-state index is 13.2. The van der Waals surface area contributed by atoms with E-state index < -0.39 is 0 Å². The molecule has 0 saturated heterocycles. The highest BCUT2D eigenvalue weighted by Crippen LogP contribution is 2.25. The van der Waals surface area contributed by atoms with Crippen molar-refractivity contribution in [3.05, 3.63) is 29.1 Å². The number of rotatable bonds is 2. The molecule has 0 aromatic heterocycles. The van der Waals surface area contributed by atoms with E-state index in [9.17, 15) is 4.39 Å². The largest absolute Gasteiger partial charge is 0.206 e. The smallest absolute Gasteiger partial charge is 0.136 e. The second kappa shape index (κ2) is 4.14. The fourth-order valence-corrected chi connectivity index (χ4v) is 1.68. The Balaban J connectivity index is 3.25. The lowest BCUT2D eigenvalue weighted by Crippen LogP contribution is -1.97. The van der Waals surface area contributed by atoms with Crippen molar-refractivity contribution < 1.29 is 4.39 Å². The Bertz CT molecular complexity index is 305. The fraction of sp³-hybridized carbons (Fsp3) is 0.455. The van der Waals surface area contributed by atoms with Gasteiger partial charge in [0.2, 0.25) is 0 Å². The van der Waals surface area contributed by atoms with E-state index in [4.69, 9.17) is 0 Å². The van der Waals surface area contributed by atoms with Crippen LogP contribution in [0.15, 0.2) is 17.0 Å². The van der Waals surface area contributed by atoms with Crippen molar-refractivity contribution in [1.29, 1.82) is 0 Å². The molecule has 0 radical (unpaired) electrons. The predicted octanol–water partition coefficient (Wildman–Crippen LogP) is 3.80. The first-order valence-electron chi connectivity index (χ1n) is 4.57. The monoisotopic (exact) mass is 198 g/mol. The van der Waals surface area contributed by atoms with Crippen molar-refractivity contribution in [2.45, 2.75) is 38.0 Å². The summed E-state index contributed by atoms with van der Waals surface area (Å²) in [4.78, 5) is 0.446. The van der Waals surface area contributed by atoms with E-state index in [2.05, 4.69) is 33.4 Å². The van der Waals surface area contributed by atoms with Crippen LogP contribution in [0, 0.1) is 5.82 Å². The Morgan fingerprint density at radius 2 is 2.00 bits per heavy atom. The summed E-state index contributed by atoms with van der Waals surface area (Å²) in [5.74, 6) is 0.155. The minimum absolute atomic E-state index is 0.218. The minimum Gasteiger partial charge on any atom is -0.206 e. The van der Waals surface area contributed by atoms with E-state index >= 15 is 0 Å². The number of hydrogen-bond donors (Lipinski definition) is 1. The van der Waals surface area contributed by atoms with Crippen molar-refractivity contribution in [3.63, 3.8) is 0 Å². The quantitative estimate of drug-likeness (QED) is 0.686. The summed E-state index contributed by atoms with van der Waals surface area (Å²) >= 11 is 4.06. The van der Waals surface area contributed by atoms with Crippen LogP contribution in [0.25, 0.3) is 0 Å². The third kappa shape index (κ3) is 2.25. The maximum absolute atomic E-state index is 13.2. The topological polar surface area (TPSA) is 0 Å². The second-order valence-corrected chi connectivity index (χ2v) is 3.99. The Hall–Kier alpha value is -0.500. The maximum Gasteiger partial charge on any atom is 0.136 e. The summed E-state index contributed by atoms with van der Waals surface area (Å²) in [6.07, 6.45) is 0.932. The van der Waals surface area contributed by atoms with Crippen LogP contribution in [0.2, 0.25) is 0 Å². The molecule has 1 rings (SSSR count). The summed E-state index contributed by atoms with van der Waals surface area (Å²) in [7, 11) is 0. The van der Waals surface area contributed by atoms with Crippen molar-refractivity contribution in [2.75, 3.05) is 0 Å². The van der Waals surface area contributed by atoms with Crippen molar-refractivity contribution in [3.8, 4) is 0 Å². The van der Waals surface area contributed by atoms with Crippen LogP contribution in [0.3, 0.4) is 0 Å². The van der Waals surface area contributed by atoms with Crippen LogP contribution in [-0.2, 0) is 6.42 Å². The Morgan fingerprint density at radius 1 is 1.38 bits per heavy atom. The minimum atomic E-state index is -0.218. The first-order valence-corrected chi connectivity index (χ1v) is 5.02. The highest BCUT2D eigenvalue weighted by atomic mass is 32.1. The molecule has 0 aliphatic rings. The molecule has 2 heteroatoms. The molecular weight excluding hydrogens is 183 g/mol. The zero-order chi connectivity index (χ0) is 10.0. The fourth-order valence-electron chi connectivity index (χ4n) is 1.46. The molecule has 0 fully saturated rings. The van der Waals surface area contributed by atoms with E-state index in [0.29, 0.717) is 10.8 Å². The van der Waals surface area contributed by atoms with E-state index in [1.807, 2.05) is 6.07 Å². The Kier molecular flexibility index (Phi) is 3.37. The molecule has 0 aliphatic heterocycles. The van der Waals surface area contributed by atoms with Crippen LogP contribution in [-0.4, -0.2) is 0 Å². The number of thiol groups is 1. The number of aryl methyl sites for hydroxylation is 1. The lowest BCUT2D eigenvalue weighted by Gasteiger charge is -2.12. The molecule has 0 amide bonds. The van der Waals surface area contributed by atoms with Gasteiger partial charge in [-0.15, -0.1) is 12.6 Å². The molecule has 0 bridgehead atoms.